The van der Waals surface area contributed by atoms with Gasteiger partial charge in [-0.25, -0.2) is 4.98 Å². The van der Waals surface area contributed by atoms with Gasteiger partial charge in [-0.05, 0) is 61.7 Å². The average molecular weight is 500 g/mol. The monoisotopic (exact) mass is 497 g/mol. The zero-order chi connectivity index (χ0) is 18.4. The number of aromatic nitrogens is 2. The largest absolute Gasteiger partial charge is 0.381 e. The van der Waals surface area contributed by atoms with Gasteiger partial charge in [0.15, 0.2) is 0 Å². The van der Waals surface area contributed by atoms with Crippen molar-refractivity contribution in [3.8, 4) is 0 Å². The van der Waals surface area contributed by atoms with Gasteiger partial charge in [0.1, 0.15) is 0 Å². The molecule has 7 heteroatoms. The molecule has 0 bridgehead atoms. The summed E-state index contributed by atoms with van der Waals surface area (Å²) in [6, 6.07) is 13.7. The van der Waals surface area contributed by atoms with E-state index in [0.29, 0.717) is 19.7 Å². The molecule has 0 aliphatic rings. The molecule has 0 radical (unpaired) electrons. The van der Waals surface area contributed by atoms with Crippen LogP contribution in [0.1, 0.15) is 5.56 Å². The van der Waals surface area contributed by atoms with Crippen LogP contribution < -0.4 is 5.32 Å². The molecule has 0 fully saturated rings. The molecule has 1 aromatic heterocycles. The highest BCUT2D eigenvalue weighted by molar-refractivity contribution is 9.13. The smallest absolute Gasteiger partial charge is 0.0946 e. The second kappa shape index (κ2) is 9.55. The first-order chi connectivity index (χ1) is 12.6. The van der Waals surface area contributed by atoms with Crippen LogP contribution in [0.5, 0.6) is 0 Å². The Morgan fingerprint density at radius 2 is 1.96 bits per heavy atom. The number of rotatable bonds is 8. The lowest BCUT2D eigenvalue weighted by Gasteiger charge is -2.20. The topological polar surface area (TPSA) is 39.1 Å². The van der Waals surface area contributed by atoms with Crippen molar-refractivity contribution in [2.45, 2.75) is 19.3 Å². The predicted octanol–water partition coefficient (Wildman–Crippen LogP) is 5.76. The fourth-order valence-electron chi connectivity index (χ4n) is 2.46. The number of anilines is 1. The van der Waals surface area contributed by atoms with Crippen LogP contribution in [-0.4, -0.2) is 22.2 Å². The van der Waals surface area contributed by atoms with Crippen LogP contribution >= 0.6 is 43.5 Å². The summed E-state index contributed by atoms with van der Waals surface area (Å²) in [4.78, 5) is 4.11. The molecule has 0 saturated carbocycles. The van der Waals surface area contributed by atoms with Gasteiger partial charge in [0.05, 0.1) is 30.1 Å². The molecule has 1 N–H and O–H groups in total. The van der Waals surface area contributed by atoms with E-state index < -0.39 is 0 Å². The number of imidazole rings is 1. The van der Waals surface area contributed by atoms with Crippen molar-refractivity contribution < 1.29 is 4.74 Å². The van der Waals surface area contributed by atoms with E-state index in [1.54, 1.807) is 12.5 Å². The maximum absolute atomic E-state index is 6.15. The van der Waals surface area contributed by atoms with Crippen LogP contribution in [0, 0.1) is 0 Å². The van der Waals surface area contributed by atoms with Gasteiger partial charge in [-0.2, -0.15) is 0 Å². The molecule has 3 aromatic rings. The molecule has 2 aromatic carbocycles. The number of nitrogens with zero attached hydrogens (tertiary/aromatic N) is 2. The van der Waals surface area contributed by atoms with Crippen molar-refractivity contribution >= 4 is 49.1 Å². The van der Waals surface area contributed by atoms with Crippen molar-refractivity contribution in [2.24, 2.45) is 0 Å². The summed E-state index contributed by atoms with van der Waals surface area (Å²) in [5, 5.41) is 4.18. The highest BCUT2D eigenvalue weighted by Crippen LogP contribution is 2.30. The van der Waals surface area contributed by atoms with Crippen LogP contribution in [0.15, 0.2) is 70.1 Å². The lowest BCUT2D eigenvalue weighted by Crippen LogP contribution is -2.28. The lowest BCUT2D eigenvalue weighted by molar-refractivity contribution is 0.0379. The van der Waals surface area contributed by atoms with Crippen LogP contribution in [0.2, 0.25) is 5.02 Å². The van der Waals surface area contributed by atoms with Crippen LogP contribution in [0.4, 0.5) is 5.69 Å². The Labute approximate surface area is 174 Å². The van der Waals surface area contributed by atoms with Gasteiger partial charge in [-0.1, -0.05) is 29.8 Å². The number of hydrogen-bond donors (Lipinski definition) is 1. The van der Waals surface area contributed by atoms with E-state index in [0.717, 1.165) is 25.2 Å². The third-order valence-corrected chi connectivity index (χ3v) is 6.14. The van der Waals surface area contributed by atoms with E-state index in [1.807, 2.05) is 53.2 Å². The van der Waals surface area contributed by atoms with Crippen LogP contribution in [-0.2, 0) is 17.9 Å². The van der Waals surface area contributed by atoms with Gasteiger partial charge >= 0.3 is 0 Å². The summed E-state index contributed by atoms with van der Waals surface area (Å²) < 4.78 is 10.2. The van der Waals surface area contributed by atoms with Crippen molar-refractivity contribution in [1.82, 2.24) is 9.55 Å². The third-order valence-electron chi connectivity index (χ3n) is 3.84. The number of nitrogens with one attached hydrogen (secondary N) is 1. The Kier molecular flexibility index (Phi) is 7.14. The SMILES string of the molecule is Clc1ccc(COC(CNc2cccc(Br)c2Br)Cn2ccnc2)cc1. The molecular weight excluding hydrogens is 481 g/mol. The van der Waals surface area contributed by atoms with Crippen LogP contribution in [0.3, 0.4) is 0 Å². The molecule has 1 atom stereocenters. The van der Waals surface area contributed by atoms with E-state index in [4.69, 9.17) is 16.3 Å². The van der Waals surface area contributed by atoms with E-state index in [9.17, 15) is 0 Å². The standard InChI is InChI=1S/C19H18Br2ClN3O/c20-17-2-1-3-18(19(17)21)24-10-16(11-25-9-8-23-13-25)26-12-14-4-6-15(22)7-5-14/h1-9,13,16,24H,10-12H2. The van der Waals surface area contributed by atoms with Gasteiger partial charge in [0, 0.05) is 34.1 Å². The van der Waals surface area contributed by atoms with E-state index in [1.165, 1.54) is 0 Å². The van der Waals surface area contributed by atoms with E-state index >= 15 is 0 Å². The first-order valence-corrected chi connectivity index (χ1v) is 10.1. The summed E-state index contributed by atoms with van der Waals surface area (Å²) in [5.74, 6) is 0. The van der Waals surface area contributed by atoms with Crippen molar-refractivity contribution in [2.75, 3.05) is 11.9 Å². The first kappa shape index (κ1) is 19.4. The van der Waals surface area contributed by atoms with Gasteiger partial charge in [-0.15, -0.1) is 0 Å². The Hall–Kier alpha value is -1.34. The van der Waals surface area contributed by atoms with Crippen molar-refractivity contribution in [1.29, 1.82) is 0 Å². The summed E-state index contributed by atoms with van der Waals surface area (Å²) in [6.45, 7) is 1.91. The molecule has 0 aliphatic heterocycles. The molecule has 3 rings (SSSR count). The number of hydrogen-bond acceptors (Lipinski definition) is 3. The zero-order valence-corrected chi connectivity index (χ0v) is 17.8. The zero-order valence-electron chi connectivity index (χ0n) is 13.9. The van der Waals surface area contributed by atoms with Crippen molar-refractivity contribution in [3.05, 3.63) is 80.7 Å². The van der Waals surface area contributed by atoms with Crippen molar-refractivity contribution in [3.63, 3.8) is 0 Å². The highest BCUT2D eigenvalue weighted by Gasteiger charge is 2.12. The maximum Gasteiger partial charge on any atom is 0.0946 e. The molecule has 0 amide bonds. The fraction of sp³-hybridized carbons (Fsp3) is 0.211. The first-order valence-electron chi connectivity index (χ1n) is 8.11. The molecule has 0 aliphatic carbocycles. The molecule has 1 unspecified atom stereocenters. The van der Waals surface area contributed by atoms with E-state index in [2.05, 4.69) is 42.2 Å². The molecule has 0 saturated heterocycles. The minimum Gasteiger partial charge on any atom is -0.381 e. The Morgan fingerprint density at radius 1 is 1.15 bits per heavy atom. The molecule has 26 heavy (non-hydrogen) atoms. The summed E-state index contributed by atoms with van der Waals surface area (Å²) >= 11 is 13.1. The molecule has 1 heterocycles. The minimum absolute atomic E-state index is 0.0224. The summed E-state index contributed by atoms with van der Waals surface area (Å²) in [5.41, 5.74) is 2.11. The minimum atomic E-state index is -0.0224. The quantitative estimate of drug-likeness (QED) is 0.428. The Bertz CT molecular complexity index is 825. The maximum atomic E-state index is 6.15. The van der Waals surface area contributed by atoms with Gasteiger partial charge in [0.25, 0.3) is 0 Å². The predicted molar refractivity (Wildman–Crippen MR) is 113 cm³/mol. The molecular formula is C19H18Br2ClN3O. The lowest BCUT2D eigenvalue weighted by atomic mass is 10.2. The molecule has 136 valence electrons. The molecule has 4 nitrogen and oxygen atoms in total. The van der Waals surface area contributed by atoms with Gasteiger partial charge in [0.2, 0.25) is 0 Å². The number of halogens is 3. The number of ether oxygens (including phenoxy) is 1. The second-order valence-electron chi connectivity index (χ2n) is 5.80. The summed E-state index contributed by atoms with van der Waals surface area (Å²) in [7, 11) is 0. The van der Waals surface area contributed by atoms with Gasteiger partial charge < -0.3 is 14.6 Å². The average Bonchev–Trinajstić information content (AvgIpc) is 3.15. The Morgan fingerprint density at radius 3 is 2.69 bits per heavy atom. The van der Waals surface area contributed by atoms with Gasteiger partial charge in [-0.3, -0.25) is 0 Å². The molecule has 0 spiro atoms. The number of benzene rings is 2. The van der Waals surface area contributed by atoms with Crippen LogP contribution in [0.25, 0.3) is 0 Å². The third kappa shape index (κ3) is 5.58. The highest BCUT2D eigenvalue weighted by atomic mass is 79.9. The fourth-order valence-corrected chi connectivity index (χ4v) is 3.36. The normalized spacial score (nSPS) is 12.1. The summed E-state index contributed by atoms with van der Waals surface area (Å²) in [6.07, 6.45) is 5.49. The second-order valence-corrected chi connectivity index (χ2v) is 7.89. The van der Waals surface area contributed by atoms with E-state index in [-0.39, 0.29) is 6.10 Å². The Balaban J connectivity index is 1.64.